The highest BCUT2D eigenvalue weighted by atomic mass is 16.5. The Kier molecular flexibility index (Phi) is 5.39. The molecule has 1 aliphatic rings. The van der Waals surface area contributed by atoms with Crippen LogP contribution in [0.15, 0.2) is 48.5 Å². The van der Waals surface area contributed by atoms with E-state index in [1.807, 2.05) is 12.1 Å². The lowest BCUT2D eigenvalue weighted by atomic mass is 9.91. The van der Waals surface area contributed by atoms with Crippen LogP contribution in [0.1, 0.15) is 35.6 Å². The summed E-state index contributed by atoms with van der Waals surface area (Å²) in [4.78, 5) is 13.8. The zero-order chi connectivity index (χ0) is 17.8. The van der Waals surface area contributed by atoms with Gasteiger partial charge in [0.05, 0.1) is 19.1 Å². The maximum Gasteiger partial charge on any atom is 0.307 e. The molecule has 3 rings (SSSR count). The number of methoxy groups -OCH3 is 1. The first-order valence-electron chi connectivity index (χ1n) is 8.76. The number of aryl methyl sites for hydroxylation is 1. The zero-order valence-corrected chi connectivity index (χ0v) is 14.8. The van der Waals surface area contributed by atoms with Crippen molar-refractivity contribution in [2.24, 2.45) is 5.92 Å². The second kappa shape index (κ2) is 7.70. The number of carboxylic acid groups (broad SMARTS) is 1. The number of aliphatic carboxylic acids is 1. The van der Waals surface area contributed by atoms with Crippen LogP contribution in [0.2, 0.25) is 0 Å². The van der Waals surface area contributed by atoms with E-state index >= 15 is 0 Å². The maximum atomic E-state index is 11.5. The Labute approximate surface area is 149 Å². The molecule has 1 saturated heterocycles. The van der Waals surface area contributed by atoms with E-state index in [4.69, 9.17) is 4.74 Å². The topological polar surface area (TPSA) is 49.8 Å². The van der Waals surface area contributed by atoms with Crippen molar-refractivity contribution in [1.29, 1.82) is 0 Å². The van der Waals surface area contributed by atoms with Gasteiger partial charge in [0.2, 0.25) is 0 Å². The second-order valence-electron chi connectivity index (χ2n) is 6.77. The van der Waals surface area contributed by atoms with Crippen LogP contribution in [0.3, 0.4) is 0 Å². The van der Waals surface area contributed by atoms with Gasteiger partial charge in [-0.25, -0.2) is 0 Å². The number of benzene rings is 2. The Balaban J connectivity index is 2.01. The van der Waals surface area contributed by atoms with E-state index < -0.39 is 5.97 Å². The first-order chi connectivity index (χ1) is 12.1. The summed E-state index contributed by atoms with van der Waals surface area (Å²) in [5.41, 5.74) is 3.53. The van der Waals surface area contributed by atoms with Crippen molar-refractivity contribution in [2.75, 3.05) is 20.2 Å². The molecule has 0 aromatic heterocycles. The Morgan fingerprint density at radius 1 is 1.20 bits per heavy atom. The van der Waals surface area contributed by atoms with E-state index in [0.717, 1.165) is 30.7 Å². The van der Waals surface area contributed by atoms with Gasteiger partial charge in [0.15, 0.2) is 0 Å². The highest BCUT2D eigenvalue weighted by Crippen LogP contribution is 2.34. The molecule has 4 nitrogen and oxygen atoms in total. The quantitative estimate of drug-likeness (QED) is 0.898. The first-order valence-corrected chi connectivity index (χ1v) is 8.76. The molecular weight excluding hydrogens is 314 g/mol. The Bertz CT molecular complexity index is 743. The molecule has 0 aliphatic carbocycles. The van der Waals surface area contributed by atoms with E-state index in [1.165, 1.54) is 11.1 Å². The van der Waals surface area contributed by atoms with Gasteiger partial charge in [0.1, 0.15) is 5.75 Å². The van der Waals surface area contributed by atoms with Gasteiger partial charge in [-0.3, -0.25) is 9.69 Å². The molecule has 4 heteroatoms. The van der Waals surface area contributed by atoms with E-state index in [-0.39, 0.29) is 12.0 Å². The number of carboxylic acids is 1. The third-order valence-corrected chi connectivity index (χ3v) is 4.93. The van der Waals surface area contributed by atoms with Gasteiger partial charge in [-0.1, -0.05) is 42.0 Å². The van der Waals surface area contributed by atoms with Gasteiger partial charge < -0.3 is 9.84 Å². The molecule has 1 aliphatic heterocycles. The number of likely N-dealkylation sites (tertiary alicyclic amines) is 1. The number of carbonyl (C=O) groups is 1. The fourth-order valence-corrected chi connectivity index (χ4v) is 3.71. The number of ether oxygens (including phenoxy) is 1. The van der Waals surface area contributed by atoms with E-state index in [0.29, 0.717) is 6.54 Å². The molecule has 2 aromatic rings. The Morgan fingerprint density at radius 3 is 2.60 bits per heavy atom. The minimum absolute atomic E-state index is 0.0390. The lowest BCUT2D eigenvalue weighted by Gasteiger charge is -2.37. The van der Waals surface area contributed by atoms with Crippen LogP contribution in [0.5, 0.6) is 5.75 Å². The molecule has 0 saturated carbocycles. The van der Waals surface area contributed by atoms with E-state index in [1.54, 1.807) is 7.11 Å². The van der Waals surface area contributed by atoms with Crippen molar-refractivity contribution in [2.45, 2.75) is 25.8 Å². The van der Waals surface area contributed by atoms with Gasteiger partial charge in [0, 0.05) is 6.54 Å². The Morgan fingerprint density at radius 2 is 1.92 bits per heavy atom. The standard InChI is InChI=1S/C21H25NO3/c1-15-6-3-7-16(12-15)20(17-8-4-10-19(13-17)25-2)22-11-5-9-18(14-22)21(23)24/h3-4,6-8,10,12-13,18,20H,5,9,11,14H2,1-2H3,(H,23,24). The third-order valence-electron chi connectivity index (χ3n) is 4.93. The van der Waals surface area contributed by atoms with Crippen LogP contribution in [0.4, 0.5) is 0 Å². The highest BCUT2D eigenvalue weighted by Gasteiger charge is 2.31. The van der Waals surface area contributed by atoms with Crippen LogP contribution in [-0.2, 0) is 4.79 Å². The second-order valence-corrected chi connectivity index (χ2v) is 6.77. The number of hydrogen-bond donors (Lipinski definition) is 1. The summed E-state index contributed by atoms with van der Waals surface area (Å²) in [7, 11) is 1.67. The summed E-state index contributed by atoms with van der Waals surface area (Å²) in [6.07, 6.45) is 1.66. The molecule has 2 atom stereocenters. The first kappa shape index (κ1) is 17.5. The molecule has 0 bridgehead atoms. The predicted octanol–water partition coefficient (Wildman–Crippen LogP) is 3.89. The smallest absolute Gasteiger partial charge is 0.307 e. The molecule has 2 unspecified atom stereocenters. The molecule has 0 radical (unpaired) electrons. The monoisotopic (exact) mass is 339 g/mol. The molecule has 132 valence electrons. The summed E-state index contributed by atoms with van der Waals surface area (Å²) in [5.74, 6) is -0.174. The summed E-state index contributed by atoms with van der Waals surface area (Å²) in [6.45, 7) is 3.56. The largest absolute Gasteiger partial charge is 0.497 e. The molecule has 0 amide bonds. The number of piperidine rings is 1. The van der Waals surface area contributed by atoms with Crippen molar-refractivity contribution < 1.29 is 14.6 Å². The zero-order valence-electron chi connectivity index (χ0n) is 14.8. The van der Waals surface area contributed by atoms with Crippen molar-refractivity contribution >= 4 is 5.97 Å². The fourth-order valence-electron chi connectivity index (χ4n) is 3.71. The predicted molar refractivity (Wildman–Crippen MR) is 97.9 cm³/mol. The molecule has 1 fully saturated rings. The average Bonchev–Trinajstić information content (AvgIpc) is 2.62. The number of nitrogens with zero attached hydrogens (tertiary/aromatic N) is 1. The van der Waals surface area contributed by atoms with Crippen LogP contribution in [-0.4, -0.2) is 36.2 Å². The number of hydrogen-bond acceptors (Lipinski definition) is 3. The summed E-state index contributed by atoms with van der Waals surface area (Å²) in [6, 6.07) is 16.6. The van der Waals surface area contributed by atoms with Crippen molar-refractivity contribution in [1.82, 2.24) is 4.90 Å². The lowest BCUT2D eigenvalue weighted by molar-refractivity contribution is -0.143. The molecule has 1 N–H and O–H groups in total. The summed E-state index contributed by atoms with van der Waals surface area (Å²) in [5, 5.41) is 9.46. The van der Waals surface area contributed by atoms with Gasteiger partial charge in [-0.2, -0.15) is 0 Å². The normalized spacial score (nSPS) is 19.4. The third kappa shape index (κ3) is 4.02. The average molecular weight is 339 g/mol. The summed E-state index contributed by atoms with van der Waals surface area (Å²) >= 11 is 0. The van der Waals surface area contributed by atoms with Gasteiger partial charge in [0.25, 0.3) is 0 Å². The molecule has 1 heterocycles. The van der Waals surface area contributed by atoms with Crippen molar-refractivity contribution in [3.8, 4) is 5.75 Å². The van der Waals surface area contributed by atoms with E-state index in [9.17, 15) is 9.90 Å². The number of rotatable bonds is 5. The highest BCUT2D eigenvalue weighted by molar-refractivity contribution is 5.70. The van der Waals surface area contributed by atoms with Crippen LogP contribution in [0.25, 0.3) is 0 Å². The Hall–Kier alpha value is -2.33. The van der Waals surface area contributed by atoms with Crippen molar-refractivity contribution in [3.63, 3.8) is 0 Å². The molecular formula is C21H25NO3. The van der Waals surface area contributed by atoms with Crippen molar-refractivity contribution in [3.05, 3.63) is 65.2 Å². The lowest BCUT2D eigenvalue weighted by Crippen LogP contribution is -2.41. The van der Waals surface area contributed by atoms with Gasteiger partial charge in [-0.15, -0.1) is 0 Å². The van der Waals surface area contributed by atoms with Gasteiger partial charge in [-0.05, 0) is 49.6 Å². The van der Waals surface area contributed by atoms with E-state index in [2.05, 4.69) is 48.2 Å². The minimum atomic E-state index is -0.696. The SMILES string of the molecule is COc1cccc(C(c2cccc(C)c2)N2CCCC(C(=O)O)C2)c1. The van der Waals surface area contributed by atoms with Crippen LogP contribution < -0.4 is 4.74 Å². The fraction of sp³-hybridized carbons (Fsp3) is 0.381. The molecule has 25 heavy (non-hydrogen) atoms. The van der Waals surface area contributed by atoms with Crippen LogP contribution in [0, 0.1) is 12.8 Å². The maximum absolute atomic E-state index is 11.5. The minimum Gasteiger partial charge on any atom is -0.497 e. The summed E-state index contributed by atoms with van der Waals surface area (Å²) < 4.78 is 5.40. The molecule has 2 aromatic carbocycles. The van der Waals surface area contributed by atoms with Gasteiger partial charge >= 0.3 is 5.97 Å². The molecule has 0 spiro atoms. The van der Waals surface area contributed by atoms with Crippen LogP contribution >= 0.6 is 0 Å².